The molecule has 130 valence electrons. The number of rotatable bonds is 5. The predicted octanol–water partition coefficient (Wildman–Crippen LogP) is 2.72. The van der Waals surface area contributed by atoms with Crippen molar-refractivity contribution in [2.24, 2.45) is 0 Å². The van der Waals surface area contributed by atoms with Gasteiger partial charge in [-0.05, 0) is 30.5 Å². The highest BCUT2D eigenvalue weighted by molar-refractivity contribution is 5.55. The number of halogens is 1. The SMILES string of the molecule is O=c1cc(-c2ccncn2)nc2n(CCCc3ccccc3F)ccn12. The summed E-state index contributed by atoms with van der Waals surface area (Å²) in [5, 5.41) is 0. The number of aryl methyl sites for hydroxylation is 2. The van der Waals surface area contributed by atoms with Crippen LogP contribution in [0.1, 0.15) is 12.0 Å². The molecular formula is C19H16FN5O. The van der Waals surface area contributed by atoms with Crippen LogP contribution in [0.25, 0.3) is 17.2 Å². The molecule has 6 nitrogen and oxygen atoms in total. The van der Waals surface area contributed by atoms with E-state index in [0.717, 1.165) is 6.42 Å². The van der Waals surface area contributed by atoms with Crippen LogP contribution in [0.2, 0.25) is 0 Å². The van der Waals surface area contributed by atoms with Crippen molar-refractivity contribution in [3.63, 3.8) is 0 Å². The molecule has 26 heavy (non-hydrogen) atoms. The zero-order valence-corrected chi connectivity index (χ0v) is 13.9. The fraction of sp³-hybridized carbons (Fsp3) is 0.158. The number of benzene rings is 1. The van der Waals surface area contributed by atoms with Crippen molar-refractivity contribution in [3.05, 3.63) is 83.1 Å². The summed E-state index contributed by atoms with van der Waals surface area (Å²) in [6.07, 6.45) is 7.89. The van der Waals surface area contributed by atoms with Crippen LogP contribution in [0.4, 0.5) is 4.39 Å². The van der Waals surface area contributed by atoms with E-state index >= 15 is 0 Å². The molecule has 1 aromatic carbocycles. The Balaban J connectivity index is 1.61. The van der Waals surface area contributed by atoms with E-state index in [9.17, 15) is 9.18 Å². The summed E-state index contributed by atoms with van der Waals surface area (Å²) >= 11 is 0. The predicted molar refractivity (Wildman–Crippen MR) is 95.2 cm³/mol. The maximum atomic E-state index is 13.7. The van der Waals surface area contributed by atoms with Crippen molar-refractivity contribution in [2.75, 3.05) is 0 Å². The Labute approximate surface area is 148 Å². The lowest BCUT2D eigenvalue weighted by Crippen LogP contribution is -2.14. The minimum Gasteiger partial charge on any atom is -0.317 e. The molecule has 3 aromatic heterocycles. The van der Waals surface area contributed by atoms with Crippen molar-refractivity contribution in [1.82, 2.24) is 23.9 Å². The Hall–Kier alpha value is -3.35. The molecule has 0 amide bonds. The normalized spacial score (nSPS) is 11.1. The lowest BCUT2D eigenvalue weighted by molar-refractivity contribution is 0.589. The van der Waals surface area contributed by atoms with Gasteiger partial charge in [0.25, 0.3) is 5.56 Å². The molecule has 0 N–H and O–H groups in total. The van der Waals surface area contributed by atoms with Crippen LogP contribution in [0.3, 0.4) is 0 Å². The fourth-order valence-corrected chi connectivity index (χ4v) is 2.92. The standard InChI is InChI=1S/C19H16FN5O/c20-15-6-2-1-4-14(15)5-3-9-24-10-11-25-18(26)12-17(23-19(24)25)16-7-8-21-13-22-16/h1-2,4,6-8,10-13H,3,5,9H2. The highest BCUT2D eigenvalue weighted by atomic mass is 19.1. The lowest BCUT2D eigenvalue weighted by Gasteiger charge is -2.06. The maximum Gasteiger partial charge on any atom is 0.259 e. The minimum absolute atomic E-state index is 0.170. The average Bonchev–Trinajstić information content (AvgIpc) is 3.08. The summed E-state index contributed by atoms with van der Waals surface area (Å²) in [5.74, 6) is 0.352. The van der Waals surface area contributed by atoms with Gasteiger partial charge in [0.2, 0.25) is 5.78 Å². The molecule has 4 aromatic rings. The van der Waals surface area contributed by atoms with Gasteiger partial charge < -0.3 is 4.57 Å². The summed E-state index contributed by atoms with van der Waals surface area (Å²) < 4.78 is 17.1. The lowest BCUT2D eigenvalue weighted by atomic mass is 10.1. The zero-order valence-electron chi connectivity index (χ0n) is 13.9. The Bertz CT molecular complexity index is 1100. The van der Waals surface area contributed by atoms with Crippen LogP contribution < -0.4 is 5.56 Å². The number of hydrogen-bond donors (Lipinski definition) is 0. The summed E-state index contributed by atoms with van der Waals surface area (Å²) in [7, 11) is 0. The first-order valence-electron chi connectivity index (χ1n) is 8.31. The minimum atomic E-state index is -0.190. The van der Waals surface area contributed by atoms with Gasteiger partial charge in [0, 0.05) is 31.2 Å². The van der Waals surface area contributed by atoms with E-state index in [2.05, 4.69) is 15.0 Å². The van der Waals surface area contributed by atoms with Crippen LogP contribution in [0.5, 0.6) is 0 Å². The molecule has 0 spiro atoms. The second-order valence-electron chi connectivity index (χ2n) is 5.93. The molecule has 7 heteroatoms. The van der Waals surface area contributed by atoms with Gasteiger partial charge in [-0.15, -0.1) is 0 Å². The Kier molecular flexibility index (Phi) is 4.27. The Morgan fingerprint density at radius 3 is 2.77 bits per heavy atom. The molecular weight excluding hydrogens is 333 g/mol. The van der Waals surface area contributed by atoms with E-state index in [1.807, 2.05) is 16.8 Å². The second kappa shape index (κ2) is 6.87. The third-order valence-corrected chi connectivity index (χ3v) is 4.23. The first kappa shape index (κ1) is 16.1. The molecule has 0 aliphatic rings. The molecule has 0 atom stereocenters. The van der Waals surface area contributed by atoms with E-state index in [0.29, 0.717) is 35.7 Å². The molecule has 0 aliphatic heterocycles. The zero-order chi connectivity index (χ0) is 17.9. The van der Waals surface area contributed by atoms with Crippen LogP contribution in [0.15, 0.2) is 66.1 Å². The van der Waals surface area contributed by atoms with E-state index in [1.54, 1.807) is 30.6 Å². The van der Waals surface area contributed by atoms with Crippen molar-refractivity contribution in [1.29, 1.82) is 0 Å². The van der Waals surface area contributed by atoms with Gasteiger partial charge in [-0.25, -0.2) is 19.3 Å². The molecule has 0 aliphatic carbocycles. The van der Waals surface area contributed by atoms with E-state index in [-0.39, 0.29) is 11.4 Å². The van der Waals surface area contributed by atoms with Gasteiger partial charge in [0.15, 0.2) is 0 Å². The molecule has 0 fully saturated rings. The average molecular weight is 349 g/mol. The van der Waals surface area contributed by atoms with Gasteiger partial charge >= 0.3 is 0 Å². The van der Waals surface area contributed by atoms with Crippen molar-refractivity contribution >= 4 is 5.78 Å². The summed E-state index contributed by atoms with van der Waals surface area (Å²) in [4.78, 5) is 24.9. The second-order valence-corrected chi connectivity index (χ2v) is 5.93. The number of aromatic nitrogens is 5. The van der Waals surface area contributed by atoms with Crippen LogP contribution in [-0.4, -0.2) is 23.9 Å². The van der Waals surface area contributed by atoms with Crippen molar-refractivity contribution < 1.29 is 4.39 Å². The van der Waals surface area contributed by atoms with Crippen LogP contribution in [0, 0.1) is 5.82 Å². The van der Waals surface area contributed by atoms with E-state index < -0.39 is 0 Å². The molecule has 0 saturated heterocycles. The Morgan fingerprint density at radius 1 is 1.08 bits per heavy atom. The van der Waals surface area contributed by atoms with Crippen molar-refractivity contribution in [2.45, 2.75) is 19.4 Å². The first-order chi connectivity index (χ1) is 12.7. The van der Waals surface area contributed by atoms with E-state index in [4.69, 9.17) is 0 Å². The third kappa shape index (κ3) is 3.11. The van der Waals surface area contributed by atoms with Gasteiger partial charge in [-0.3, -0.25) is 9.20 Å². The molecule has 0 saturated carbocycles. The highest BCUT2D eigenvalue weighted by Crippen LogP contribution is 2.14. The third-order valence-electron chi connectivity index (χ3n) is 4.23. The van der Waals surface area contributed by atoms with Gasteiger partial charge in [-0.2, -0.15) is 0 Å². The molecule has 3 heterocycles. The quantitative estimate of drug-likeness (QED) is 0.556. The Morgan fingerprint density at radius 2 is 1.96 bits per heavy atom. The molecule has 0 unspecified atom stereocenters. The molecule has 0 bridgehead atoms. The topological polar surface area (TPSA) is 65.1 Å². The smallest absolute Gasteiger partial charge is 0.259 e. The first-order valence-corrected chi connectivity index (χ1v) is 8.31. The van der Waals surface area contributed by atoms with Crippen LogP contribution in [-0.2, 0) is 13.0 Å². The molecule has 0 radical (unpaired) electrons. The highest BCUT2D eigenvalue weighted by Gasteiger charge is 2.10. The molecule has 4 rings (SSSR count). The monoisotopic (exact) mass is 349 g/mol. The number of nitrogens with zero attached hydrogens (tertiary/aromatic N) is 5. The number of fused-ring (bicyclic) bond motifs is 1. The largest absolute Gasteiger partial charge is 0.317 e. The number of imidazole rings is 1. The van der Waals surface area contributed by atoms with E-state index in [1.165, 1.54) is 22.9 Å². The maximum absolute atomic E-state index is 13.7. The van der Waals surface area contributed by atoms with Gasteiger partial charge in [0.05, 0.1) is 11.4 Å². The van der Waals surface area contributed by atoms with Crippen LogP contribution >= 0.6 is 0 Å². The summed E-state index contributed by atoms with van der Waals surface area (Å²) in [5.41, 5.74) is 1.62. The summed E-state index contributed by atoms with van der Waals surface area (Å²) in [6, 6.07) is 9.94. The number of hydrogen-bond acceptors (Lipinski definition) is 4. The fourth-order valence-electron chi connectivity index (χ4n) is 2.92. The van der Waals surface area contributed by atoms with Gasteiger partial charge in [-0.1, -0.05) is 18.2 Å². The van der Waals surface area contributed by atoms with Gasteiger partial charge in [0.1, 0.15) is 12.1 Å². The van der Waals surface area contributed by atoms with Crippen molar-refractivity contribution in [3.8, 4) is 11.4 Å². The summed E-state index contributed by atoms with van der Waals surface area (Å²) in [6.45, 7) is 0.629.